The second-order valence-corrected chi connectivity index (χ2v) is 6.83. The maximum Gasteiger partial charge on any atom is 0.339 e. The summed E-state index contributed by atoms with van der Waals surface area (Å²) in [6, 6.07) is 7.44. The maximum atomic E-state index is 13.7. The summed E-state index contributed by atoms with van der Waals surface area (Å²) < 4.78 is 24.2. The van der Waals surface area contributed by atoms with E-state index in [1.165, 1.54) is 25.1 Å². The number of nitrogens with zero attached hydrogens (tertiary/aromatic N) is 2. The minimum atomic E-state index is -1.13. The molecule has 1 saturated carbocycles. The van der Waals surface area contributed by atoms with Crippen molar-refractivity contribution in [2.75, 3.05) is 5.32 Å². The molecule has 0 aliphatic heterocycles. The van der Waals surface area contributed by atoms with Crippen molar-refractivity contribution in [3.63, 3.8) is 0 Å². The Hall–Kier alpha value is -3.29. The molecular formula is C20H18FN3O4. The van der Waals surface area contributed by atoms with Crippen LogP contribution >= 0.6 is 0 Å². The number of aryl methyl sites for hydroxylation is 1. The highest BCUT2D eigenvalue weighted by Crippen LogP contribution is 2.40. The third-order valence-electron chi connectivity index (χ3n) is 4.64. The normalized spacial score (nSPS) is 14.7. The van der Waals surface area contributed by atoms with Crippen LogP contribution in [0.5, 0.6) is 0 Å². The Balaban J connectivity index is 1.55. The topological polar surface area (TPSA) is 94.3 Å². The summed E-state index contributed by atoms with van der Waals surface area (Å²) in [5, 5.41) is 6.76. The largest absolute Gasteiger partial charge is 0.449 e. The lowest BCUT2D eigenvalue weighted by Gasteiger charge is -2.14. The molecule has 1 aliphatic carbocycles. The number of rotatable bonds is 5. The molecule has 7 nitrogen and oxygen atoms in total. The SMILES string of the molecule is Cc1noc2nc(C3CC3)cc(C(=O)O[C@H](C)C(=O)Nc3ccccc3F)c12. The Morgan fingerprint density at radius 3 is 2.79 bits per heavy atom. The number of halogens is 1. The van der Waals surface area contributed by atoms with E-state index in [1.54, 1.807) is 19.1 Å². The number of aromatic nitrogens is 2. The number of pyridine rings is 1. The van der Waals surface area contributed by atoms with Crippen LogP contribution in [0.4, 0.5) is 10.1 Å². The molecule has 144 valence electrons. The van der Waals surface area contributed by atoms with E-state index in [0.717, 1.165) is 18.5 Å². The second-order valence-electron chi connectivity index (χ2n) is 6.83. The zero-order valence-corrected chi connectivity index (χ0v) is 15.4. The number of nitrogens with one attached hydrogen (secondary N) is 1. The molecule has 0 saturated heterocycles. The lowest BCUT2D eigenvalue weighted by atomic mass is 10.1. The van der Waals surface area contributed by atoms with E-state index in [0.29, 0.717) is 17.0 Å². The summed E-state index contributed by atoms with van der Waals surface area (Å²) in [5.41, 5.74) is 1.82. The van der Waals surface area contributed by atoms with Crippen LogP contribution < -0.4 is 5.32 Å². The highest BCUT2D eigenvalue weighted by atomic mass is 19.1. The molecule has 4 rings (SSSR count). The van der Waals surface area contributed by atoms with Crippen molar-refractivity contribution in [3.05, 3.63) is 53.1 Å². The van der Waals surface area contributed by atoms with Crippen molar-refractivity contribution in [3.8, 4) is 0 Å². The Bertz CT molecular complexity index is 1070. The lowest BCUT2D eigenvalue weighted by Crippen LogP contribution is -2.30. The number of amides is 1. The van der Waals surface area contributed by atoms with Crippen molar-refractivity contribution < 1.29 is 23.2 Å². The van der Waals surface area contributed by atoms with Gasteiger partial charge in [0.25, 0.3) is 11.6 Å². The molecule has 28 heavy (non-hydrogen) atoms. The average Bonchev–Trinajstić information content (AvgIpc) is 3.46. The average molecular weight is 383 g/mol. The summed E-state index contributed by atoms with van der Waals surface area (Å²) in [7, 11) is 0. The first-order valence-corrected chi connectivity index (χ1v) is 8.97. The zero-order chi connectivity index (χ0) is 19.8. The maximum absolute atomic E-state index is 13.7. The number of carbonyl (C=O) groups excluding carboxylic acids is 2. The van der Waals surface area contributed by atoms with Gasteiger partial charge in [0.15, 0.2) is 6.10 Å². The first kappa shape index (κ1) is 18.1. The molecule has 0 spiro atoms. The predicted octanol–water partition coefficient (Wildman–Crippen LogP) is 3.73. The Morgan fingerprint density at radius 1 is 1.32 bits per heavy atom. The Morgan fingerprint density at radius 2 is 2.07 bits per heavy atom. The quantitative estimate of drug-likeness (QED) is 0.675. The van der Waals surface area contributed by atoms with E-state index in [9.17, 15) is 14.0 Å². The van der Waals surface area contributed by atoms with Crippen molar-refractivity contribution in [1.82, 2.24) is 10.1 Å². The van der Waals surface area contributed by atoms with Crippen molar-refractivity contribution in [2.45, 2.75) is 38.7 Å². The van der Waals surface area contributed by atoms with Gasteiger partial charge in [-0.1, -0.05) is 17.3 Å². The lowest BCUT2D eigenvalue weighted by molar-refractivity contribution is -0.123. The monoisotopic (exact) mass is 383 g/mol. The van der Waals surface area contributed by atoms with Crippen LogP contribution in [-0.2, 0) is 9.53 Å². The first-order valence-electron chi connectivity index (χ1n) is 8.97. The highest BCUT2D eigenvalue weighted by molar-refractivity contribution is 6.04. The zero-order valence-electron chi connectivity index (χ0n) is 15.4. The fourth-order valence-corrected chi connectivity index (χ4v) is 2.94. The molecule has 0 radical (unpaired) electrons. The number of anilines is 1. The van der Waals surface area contributed by atoms with Gasteiger partial charge in [-0.25, -0.2) is 14.2 Å². The van der Waals surface area contributed by atoms with E-state index < -0.39 is 23.8 Å². The third-order valence-corrected chi connectivity index (χ3v) is 4.64. The Labute approximate surface area is 159 Å². The van der Waals surface area contributed by atoms with Gasteiger partial charge in [0.2, 0.25) is 0 Å². The van der Waals surface area contributed by atoms with Gasteiger partial charge in [-0.3, -0.25) is 4.79 Å². The highest BCUT2D eigenvalue weighted by Gasteiger charge is 2.30. The summed E-state index contributed by atoms with van der Waals surface area (Å²) in [6.07, 6.45) is 0.878. The van der Waals surface area contributed by atoms with Crippen LogP contribution in [0.25, 0.3) is 11.1 Å². The minimum absolute atomic E-state index is 0.0209. The fourth-order valence-electron chi connectivity index (χ4n) is 2.94. The van der Waals surface area contributed by atoms with Gasteiger partial charge in [-0.05, 0) is 44.9 Å². The van der Waals surface area contributed by atoms with Gasteiger partial charge in [-0.2, -0.15) is 0 Å². The van der Waals surface area contributed by atoms with E-state index in [4.69, 9.17) is 9.26 Å². The number of hydrogen-bond donors (Lipinski definition) is 1. The summed E-state index contributed by atoms with van der Waals surface area (Å²) >= 11 is 0. The van der Waals surface area contributed by atoms with Gasteiger partial charge in [0, 0.05) is 11.6 Å². The molecule has 2 heterocycles. The summed E-state index contributed by atoms with van der Waals surface area (Å²) in [4.78, 5) is 29.5. The molecule has 1 amide bonds. The smallest absolute Gasteiger partial charge is 0.339 e. The molecule has 2 aromatic heterocycles. The van der Waals surface area contributed by atoms with E-state index in [-0.39, 0.29) is 17.0 Å². The fraction of sp³-hybridized carbons (Fsp3) is 0.300. The van der Waals surface area contributed by atoms with Crippen LogP contribution in [0.3, 0.4) is 0 Å². The summed E-state index contributed by atoms with van der Waals surface area (Å²) in [5.74, 6) is -1.59. The predicted molar refractivity (Wildman–Crippen MR) is 98.4 cm³/mol. The van der Waals surface area contributed by atoms with Gasteiger partial charge < -0.3 is 14.6 Å². The molecule has 1 aromatic carbocycles. The summed E-state index contributed by atoms with van der Waals surface area (Å²) in [6.45, 7) is 3.13. The number of benzene rings is 1. The number of esters is 1. The number of para-hydroxylation sites is 1. The molecule has 1 N–H and O–H groups in total. The van der Waals surface area contributed by atoms with Crippen LogP contribution in [0.2, 0.25) is 0 Å². The molecule has 0 unspecified atom stereocenters. The van der Waals surface area contributed by atoms with E-state index >= 15 is 0 Å². The third kappa shape index (κ3) is 3.45. The number of hydrogen-bond acceptors (Lipinski definition) is 6. The van der Waals surface area contributed by atoms with Gasteiger partial charge in [0.05, 0.1) is 22.3 Å². The molecular weight excluding hydrogens is 365 g/mol. The molecule has 0 bridgehead atoms. The number of carbonyl (C=O) groups is 2. The standard InChI is InChI=1S/C20H18FN3O4/c1-10-17-13(9-16(12-7-8-12)23-19(17)28-24-10)20(26)27-11(2)18(25)22-15-6-4-3-5-14(15)21/h3-6,9,11-12H,7-8H2,1-2H3,(H,22,25)/t11-/m1/s1. The Kier molecular flexibility index (Phi) is 4.54. The van der Waals surface area contributed by atoms with Crippen LogP contribution in [-0.4, -0.2) is 28.1 Å². The second kappa shape index (κ2) is 7.03. The molecule has 1 atom stereocenters. The molecule has 8 heteroatoms. The molecule has 1 fully saturated rings. The first-order chi connectivity index (χ1) is 13.4. The van der Waals surface area contributed by atoms with Gasteiger partial charge >= 0.3 is 5.97 Å². The molecule has 1 aliphatic rings. The van der Waals surface area contributed by atoms with Crippen molar-refractivity contribution in [1.29, 1.82) is 0 Å². The van der Waals surface area contributed by atoms with Gasteiger partial charge in [0.1, 0.15) is 5.82 Å². The van der Waals surface area contributed by atoms with Gasteiger partial charge in [-0.15, -0.1) is 0 Å². The van der Waals surface area contributed by atoms with Crippen LogP contribution in [0.1, 0.15) is 47.4 Å². The van der Waals surface area contributed by atoms with Crippen molar-refractivity contribution in [2.24, 2.45) is 0 Å². The molecule has 3 aromatic rings. The minimum Gasteiger partial charge on any atom is -0.449 e. The van der Waals surface area contributed by atoms with Crippen LogP contribution in [0, 0.1) is 12.7 Å². The van der Waals surface area contributed by atoms with E-state index in [2.05, 4.69) is 15.5 Å². The van der Waals surface area contributed by atoms with E-state index in [1.807, 2.05) is 0 Å². The van der Waals surface area contributed by atoms with Crippen molar-refractivity contribution >= 4 is 28.7 Å². The van der Waals surface area contributed by atoms with Crippen LogP contribution in [0.15, 0.2) is 34.9 Å². The number of ether oxygens (including phenoxy) is 1. The number of fused-ring (bicyclic) bond motifs is 1.